The molecule has 0 heterocycles. The Balaban J connectivity index is -0.0000000150. The molecule has 0 saturated carbocycles. The van der Waals surface area contributed by atoms with Gasteiger partial charge in [0.1, 0.15) is 0 Å². The van der Waals surface area contributed by atoms with Crippen molar-refractivity contribution in [3.63, 3.8) is 0 Å². The molecule has 0 aliphatic heterocycles. The molecule has 0 aliphatic rings. The van der Waals surface area contributed by atoms with Gasteiger partial charge in [-0.1, -0.05) is 0 Å². The number of carbonyl (C=O) groups is 1. The Morgan fingerprint density at radius 1 is 1.29 bits per heavy atom. The smallest absolute Gasteiger partial charge is 0.652 e. The molecule has 0 unspecified atom stereocenters. The summed E-state index contributed by atoms with van der Waals surface area (Å²) in [6, 6.07) is 0. The van der Waals surface area contributed by atoms with Gasteiger partial charge in [-0.3, -0.25) is 0 Å². The van der Waals surface area contributed by atoms with Crippen LogP contribution in [0.3, 0.4) is 0 Å². The van der Waals surface area contributed by atoms with Crippen molar-refractivity contribution in [1.29, 1.82) is 0 Å². The number of rotatable bonds is 0. The molecular weight excluding hydrogens is 181 g/mol. The van der Waals surface area contributed by atoms with Crippen LogP contribution in [0, 0.1) is 0 Å². The fraction of sp³-hybridized carbons (Fsp3) is 0. The largest absolute Gasteiger partial charge is 2.00 e. The monoisotopic (exact) mass is 180 g/mol. The van der Waals surface area contributed by atoms with Gasteiger partial charge >= 0.3 is 52.4 Å². The molecule has 7 heavy (non-hydrogen) atoms. The normalized spacial score (nSPS) is 3.43. The van der Waals surface area contributed by atoms with Crippen molar-refractivity contribution in [2.45, 2.75) is 0 Å². The van der Waals surface area contributed by atoms with Crippen LogP contribution in [0.2, 0.25) is 0 Å². The third kappa shape index (κ3) is 211. The minimum absolute atomic E-state index is 0. The summed E-state index contributed by atoms with van der Waals surface area (Å²) in [6.07, 6.45) is -2.33. The van der Waals surface area contributed by atoms with Crippen molar-refractivity contribution in [3.8, 4) is 0 Å². The molecule has 0 aromatic heterocycles. The van der Waals surface area contributed by atoms with Gasteiger partial charge in [0.15, 0.2) is 0 Å². The van der Waals surface area contributed by atoms with Crippen molar-refractivity contribution in [1.82, 2.24) is 0 Å². The third-order valence-electron chi connectivity index (χ3n) is 0. The second-order valence-corrected chi connectivity index (χ2v) is 0.250. The zero-order valence-electron chi connectivity index (χ0n) is 3.42. The van der Waals surface area contributed by atoms with Crippen LogP contribution in [-0.4, -0.2) is 6.16 Å². The molecule has 0 fully saturated rings. The quantitative estimate of drug-likeness (QED) is 0.350. The van der Waals surface area contributed by atoms with Crippen LogP contribution in [0.1, 0.15) is 0 Å². The van der Waals surface area contributed by atoms with Crippen LogP contribution in [0.15, 0.2) is 0 Å². The van der Waals surface area contributed by atoms with Crippen molar-refractivity contribution in [2.24, 2.45) is 0 Å². The van der Waals surface area contributed by atoms with E-state index in [1.807, 2.05) is 0 Å². The minimum atomic E-state index is -2.33. The second kappa shape index (κ2) is 15.8. The van der Waals surface area contributed by atoms with Gasteiger partial charge in [0.05, 0.1) is 0 Å². The second-order valence-electron chi connectivity index (χ2n) is 0.250. The maximum Gasteiger partial charge on any atom is 2.00 e. The fourth-order valence-electron chi connectivity index (χ4n) is 0. The molecule has 0 atom stereocenters. The molecule has 37 valence electrons. The number of hydrogen-bond acceptors (Lipinski definition) is 3. The summed E-state index contributed by atoms with van der Waals surface area (Å²) in [5.41, 5.74) is 0. The van der Waals surface area contributed by atoms with Crippen molar-refractivity contribution in [3.05, 3.63) is 0 Å². The third-order valence-corrected chi connectivity index (χ3v) is 0. The molecule has 0 bridgehead atoms. The fourth-order valence-corrected chi connectivity index (χ4v) is 0. The summed E-state index contributed by atoms with van der Waals surface area (Å²) in [5, 5.41) is 16.7. The first kappa shape index (κ1) is 24.8. The Kier molecular flexibility index (Phi) is 55.9. The Hall–Kier alpha value is 0.880. The summed E-state index contributed by atoms with van der Waals surface area (Å²) in [4.78, 5) is 8.33. The molecule has 0 aliphatic carbocycles. The summed E-state index contributed by atoms with van der Waals surface area (Å²) in [5.74, 6) is 0. The Morgan fingerprint density at radius 3 is 1.29 bits per heavy atom. The molecule has 6 heteroatoms. The molecule has 0 aromatic rings. The van der Waals surface area contributed by atoms with E-state index < -0.39 is 6.16 Å². The molecule has 0 N–H and O–H groups in total. The van der Waals surface area contributed by atoms with Crippen LogP contribution in [0.5, 0.6) is 0 Å². The van der Waals surface area contributed by atoms with E-state index in [0.29, 0.717) is 0 Å². The summed E-state index contributed by atoms with van der Waals surface area (Å²) in [7, 11) is 0. The van der Waals surface area contributed by atoms with Crippen LogP contribution < -0.4 is 29.1 Å². The molecular formula is CLiMnNiO3+3. The molecule has 0 amide bonds. The summed E-state index contributed by atoms with van der Waals surface area (Å²) >= 11 is 0. The Bertz CT molecular complexity index is 37.9. The number of carboxylic acid groups (broad SMARTS) is 2. The summed E-state index contributed by atoms with van der Waals surface area (Å²) < 4.78 is 0. The van der Waals surface area contributed by atoms with Gasteiger partial charge in [0.25, 0.3) is 0 Å². The van der Waals surface area contributed by atoms with Gasteiger partial charge in [-0.05, 0) is 6.16 Å². The van der Waals surface area contributed by atoms with E-state index in [1.165, 1.54) is 0 Å². The summed E-state index contributed by atoms with van der Waals surface area (Å²) in [6.45, 7) is 0. The van der Waals surface area contributed by atoms with Gasteiger partial charge in [-0.25, -0.2) is 0 Å². The van der Waals surface area contributed by atoms with E-state index in [2.05, 4.69) is 0 Å². The number of carbonyl (C=O) groups excluding carboxylic acids is 1. The standard InChI is InChI=1S/CH2O3.Li.Mn.Ni/c2-1(3)4;;;/h(H2,2,3,4);;;/q;+1;2*+2/p-2. The Morgan fingerprint density at radius 2 is 1.29 bits per heavy atom. The first-order valence-electron chi connectivity index (χ1n) is 0.612. The first-order chi connectivity index (χ1) is 1.73. The minimum Gasteiger partial charge on any atom is -0.652 e. The van der Waals surface area contributed by atoms with Crippen LogP contribution >= 0.6 is 0 Å². The van der Waals surface area contributed by atoms with Gasteiger partial charge in [0, 0.05) is 0 Å². The van der Waals surface area contributed by atoms with Crippen LogP contribution in [0.25, 0.3) is 0 Å². The van der Waals surface area contributed by atoms with Crippen LogP contribution in [-0.2, 0) is 33.6 Å². The Labute approximate surface area is 73.4 Å². The van der Waals surface area contributed by atoms with E-state index in [4.69, 9.17) is 15.0 Å². The molecule has 0 aromatic carbocycles. The number of hydrogen-bond donors (Lipinski definition) is 0. The molecule has 0 spiro atoms. The van der Waals surface area contributed by atoms with Gasteiger partial charge in [0.2, 0.25) is 0 Å². The maximum atomic E-state index is 8.33. The van der Waals surface area contributed by atoms with Gasteiger partial charge in [-0.15, -0.1) is 0 Å². The van der Waals surface area contributed by atoms with Gasteiger partial charge in [-0.2, -0.15) is 0 Å². The topological polar surface area (TPSA) is 63.2 Å². The molecule has 0 rings (SSSR count). The zero-order valence-corrected chi connectivity index (χ0v) is 5.59. The average Bonchev–Trinajstić information content (AvgIpc) is 0.811. The first-order valence-corrected chi connectivity index (χ1v) is 0.612. The zero-order chi connectivity index (χ0) is 3.58. The van der Waals surface area contributed by atoms with Crippen LogP contribution in [0.4, 0.5) is 4.79 Å². The predicted molar refractivity (Wildman–Crippen MR) is 5.40 cm³/mol. The molecule has 1 radical (unpaired) electrons. The van der Waals surface area contributed by atoms with E-state index in [1.54, 1.807) is 0 Å². The van der Waals surface area contributed by atoms with Crippen molar-refractivity contribution >= 4 is 6.16 Å². The van der Waals surface area contributed by atoms with E-state index in [-0.39, 0.29) is 52.4 Å². The van der Waals surface area contributed by atoms with Crippen molar-refractivity contribution in [2.75, 3.05) is 0 Å². The predicted octanol–water partition coefficient (Wildman–Crippen LogP) is -5.45. The average molecular weight is 181 g/mol. The molecule has 0 saturated heterocycles. The molecule has 3 nitrogen and oxygen atoms in total. The van der Waals surface area contributed by atoms with Crippen molar-refractivity contribution < 1.29 is 67.4 Å². The van der Waals surface area contributed by atoms with Gasteiger partial charge < -0.3 is 15.0 Å². The van der Waals surface area contributed by atoms with E-state index in [0.717, 1.165) is 0 Å². The maximum absolute atomic E-state index is 8.33. The van der Waals surface area contributed by atoms with E-state index >= 15 is 0 Å². The van der Waals surface area contributed by atoms with E-state index in [9.17, 15) is 0 Å². The SMILES string of the molecule is O=C([O-])[O-].[Li+].[Mn+2].[Ni+2].